The molecule has 0 spiro atoms. The molecule has 10 heteroatoms. The molecule has 0 radical (unpaired) electrons. The highest BCUT2D eigenvalue weighted by Crippen LogP contribution is 2.56. The van der Waals surface area contributed by atoms with E-state index < -0.39 is 35.7 Å². The molecular formula is C40H36N6O4. The molecule has 50 heavy (non-hydrogen) atoms. The van der Waals surface area contributed by atoms with Crippen molar-refractivity contribution in [1.29, 1.82) is 0 Å². The van der Waals surface area contributed by atoms with Gasteiger partial charge in [0, 0.05) is 42.0 Å². The molecule has 250 valence electrons. The van der Waals surface area contributed by atoms with Crippen molar-refractivity contribution in [2.24, 2.45) is 0 Å². The number of carbonyl (C=O) groups is 4. The molecule has 4 aliphatic rings. The molecule has 3 saturated heterocycles. The first-order valence-corrected chi connectivity index (χ1v) is 17.2. The largest absolute Gasteiger partial charge is 0.364 e. The molecule has 9 rings (SSSR count). The zero-order valence-corrected chi connectivity index (χ0v) is 27.2. The summed E-state index contributed by atoms with van der Waals surface area (Å²) in [5.41, 5.74) is 5.95. The SMILES string of the molecule is O=C1N[C@H](Cc2ccccc2)C(=O)N[C@H]1Cc1c[nH]c2c([C@]34C[C@H]5C(=O)N[C@H](Cc6ccccc6)C(=O)N5[C@H]3Nc3ccccc34)cccc12. The van der Waals surface area contributed by atoms with Crippen molar-refractivity contribution in [2.45, 2.75) is 61.4 Å². The minimum Gasteiger partial charge on any atom is -0.364 e. The maximum absolute atomic E-state index is 14.3. The van der Waals surface area contributed by atoms with Gasteiger partial charge in [0.1, 0.15) is 30.3 Å². The molecule has 5 aromatic rings. The monoisotopic (exact) mass is 664 g/mol. The highest BCUT2D eigenvalue weighted by molar-refractivity contribution is 6.01. The quantitative estimate of drug-likeness (QED) is 0.182. The second-order valence-corrected chi connectivity index (χ2v) is 13.8. The van der Waals surface area contributed by atoms with Crippen LogP contribution in [-0.4, -0.2) is 63.8 Å². The summed E-state index contributed by atoms with van der Waals surface area (Å²) in [7, 11) is 0. The van der Waals surface area contributed by atoms with Crippen LogP contribution in [0.15, 0.2) is 109 Å². The fraction of sp³-hybridized carbons (Fsp3) is 0.250. The van der Waals surface area contributed by atoms with E-state index >= 15 is 0 Å². The van der Waals surface area contributed by atoms with Crippen molar-refractivity contribution in [3.05, 3.63) is 137 Å². The molecule has 0 bridgehead atoms. The molecule has 5 heterocycles. The number of aromatic nitrogens is 1. The summed E-state index contributed by atoms with van der Waals surface area (Å²) >= 11 is 0. The van der Waals surface area contributed by atoms with Crippen LogP contribution in [-0.2, 0) is 43.9 Å². The number of H-pyrrole nitrogens is 1. The Kier molecular flexibility index (Phi) is 7.01. The number of nitrogens with zero attached hydrogens (tertiary/aromatic N) is 1. The summed E-state index contributed by atoms with van der Waals surface area (Å²) in [6.45, 7) is 0. The zero-order chi connectivity index (χ0) is 34.0. The summed E-state index contributed by atoms with van der Waals surface area (Å²) in [5, 5.41) is 13.5. The van der Waals surface area contributed by atoms with Crippen molar-refractivity contribution >= 4 is 40.2 Å². The minimum absolute atomic E-state index is 0.102. The average Bonchev–Trinajstić information content (AvgIpc) is 3.80. The fourth-order valence-electron chi connectivity index (χ4n) is 8.71. The molecule has 0 aliphatic carbocycles. The van der Waals surface area contributed by atoms with Crippen LogP contribution in [0.25, 0.3) is 10.9 Å². The van der Waals surface area contributed by atoms with Crippen molar-refractivity contribution in [1.82, 2.24) is 25.8 Å². The average molecular weight is 665 g/mol. The lowest BCUT2D eigenvalue weighted by Crippen LogP contribution is -2.64. The Hall–Kier alpha value is -5.90. The number of para-hydroxylation sites is 2. The molecule has 10 nitrogen and oxygen atoms in total. The number of rotatable bonds is 7. The lowest BCUT2D eigenvalue weighted by molar-refractivity contribution is -0.148. The van der Waals surface area contributed by atoms with Gasteiger partial charge in [-0.05, 0) is 40.3 Å². The Bertz CT molecular complexity index is 2170. The van der Waals surface area contributed by atoms with E-state index in [-0.39, 0.29) is 23.6 Å². The summed E-state index contributed by atoms with van der Waals surface area (Å²) in [6.07, 6.45) is 2.97. The number of piperazine rings is 2. The summed E-state index contributed by atoms with van der Waals surface area (Å²) in [4.78, 5) is 59.8. The van der Waals surface area contributed by atoms with Crippen LogP contribution in [0.5, 0.6) is 0 Å². The number of anilines is 1. The van der Waals surface area contributed by atoms with E-state index in [1.54, 1.807) is 4.90 Å². The van der Waals surface area contributed by atoms with Crippen molar-refractivity contribution in [3.8, 4) is 0 Å². The predicted octanol–water partition coefficient (Wildman–Crippen LogP) is 3.32. The third-order valence-electron chi connectivity index (χ3n) is 11.0. The number of aromatic amines is 1. The van der Waals surface area contributed by atoms with Gasteiger partial charge in [-0.25, -0.2) is 0 Å². The summed E-state index contributed by atoms with van der Waals surface area (Å²) < 4.78 is 0. The lowest BCUT2D eigenvalue weighted by atomic mass is 9.71. The molecule has 0 unspecified atom stereocenters. The molecule has 4 amide bonds. The Morgan fingerprint density at radius 3 is 1.92 bits per heavy atom. The molecule has 1 aromatic heterocycles. The van der Waals surface area contributed by atoms with Gasteiger partial charge in [0.15, 0.2) is 0 Å². The first-order chi connectivity index (χ1) is 24.4. The van der Waals surface area contributed by atoms with Crippen LogP contribution in [0.2, 0.25) is 0 Å². The van der Waals surface area contributed by atoms with Crippen LogP contribution in [0.1, 0.15) is 34.2 Å². The third kappa shape index (κ3) is 4.69. The summed E-state index contributed by atoms with van der Waals surface area (Å²) in [6, 6.07) is 30.9. The number of carbonyl (C=O) groups excluding carboxylic acids is 4. The van der Waals surface area contributed by atoms with Crippen LogP contribution < -0.4 is 21.3 Å². The van der Waals surface area contributed by atoms with Crippen molar-refractivity contribution < 1.29 is 19.2 Å². The maximum Gasteiger partial charge on any atom is 0.247 e. The van der Waals surface area contributed by atoms with Crippen LogP contribution in [0.4, 0.5) is 5.69 Å². The lowest BCUT2D eigenvalue weighted by Gasteiger charge is -2.38. The van der Waals surface area contributed by atoms with Gasteiger partial charge < -0.3 is 31.2 Å². The van der Waals surface area contributed by atoms with Gasteiger partial charge in [-0.1, -0.05) is 97.1 Å². The van der Waals surface area contributed by atoms with Gasteiger partial charge in [-0.2, -0.15) is 0 Å². The molecule has 5 N–H and O–H groups in total. The number of hydrogen-bond acceptors (Lipinski definition) is 5. The smallest absolute Gasteiger partial charge is 0.247 e. The van der Waals surface area contributed by atoms with Gasteiger partial charge in [0.2, 0.25) is 23.6 Å². The van der Waals surface area contributed by atoms with Gasteiger partial charge in [0.25, 0.3) is 0 Å². The molecule has 0 saturated carbocycles. The van der Waals surface area contributed by atoms with E-state index in [0.717, 1.165) is 44.4 Å². The highest BCUT2D eigenvalue weighted by Gasteiger charge is 2.64. The van der Waals surface area contributed by atoms with Crippen LogP contribution in [0.3, 0.4) is 0 Å². The van der Waals surface area contributed by atoms with Gasteiger partial charge in [0.05, 0.1) is 5.41 Å². The Morgan fingerprint density at radius 1 is 0.600 bits per heavy atom. The van der Waals surface area contributed by atoms with Crippen LogP contribution in [0, 0.1) is 0 Å². The zero-order valence-electron chi connectivity index (χ0n) is 27.2. The Morgan fingerprint density at radius 2 is 1.20 bits per heavy atom. The standard InChI is InChI=1S/C40H36N6O4/c47-35-30(18-23-10-3-1-4-11-23)42-36(48)31(43-35)20-25-22-41-34-26(25)14-9-16-28(34)40-21-33-37(49)44-32(19-24-12-5-2-6-13-24)38(50)46(33)39(40)45-29-17-8-7-15-27(29)40/h1-17,22,30-33,39,41,45H,18-21H2,(H,42,48)(H,43,47)(H,44,49)/t30-,31+,32-,33+,39-,40-/m1/s1. The number of amides is 4. The Labute approximate surface area is 288 Å². The second kappa shape index (κ2) is 11.6. The molecule has 4 aliphatic heterocycles. The van der Waals surface area contributed by atoms with E-state index in [0.29, 0.717) is 25.7 Å². The van der Waals surface area contributed by atoms with Gasteiger partial charge >= 0.3 is 0 Å². The van der Waals surface area contributed by atoms with Crippen LogP contribution >= 0.6 is 0 Å². The molecular weight excluding hydrogens is 628 g/mol. The first kappa shape index (κ1) is 30.2. The normalized spacial score (nSPS) is 26.8. The van der Waals surface area contributed by atoms with Gasteiger partial charge in [-0.3, -0.25) is 19.2 Å². The number of nitrogens with one attached hydrogen (secondary N) is 5. The minimum atomic E-state index is -0.724. The summed E-state index contributed by atoms with van der Waals surface area (Å²) in [5.74, 6) is -0.673. The van der Waals surface area contributed by atoms with Crippen molar-refractivity contribution in [2.75, 3.05) is 5.32 Å². The number of benzene rings is 4. The van der Waals surface area contributed by atoms with E-state index in [9.17, 15) is 19.2 Å². The fourth-order valence-corrected chi connectivity index (χ4v) is 8.71. The number of fused-ring (bicyclic) bond motifs is 6. The number of hydrogen-bond donors (Lipinski definition) is 5. The predicted molar refractivity (Wildman–Crippen MR) is 188 cm³/mol. The van der Waals surface area contributed by atoms with E-state index in [4.69, 9.17) is 0 Å². The Balaban J connectivity index is 1.04. The van der Waals surface area contributed by atoms with Gasteiger partial charge in [-0.15, -0.1) is 0 Å². The molecule has 6 atom stereocenters. The van der Waals surface area contributed by atoms with E-state index in [1.165, 1.54) is 0 Å². The third-order valence-corrected chi connectivity index (χ3v) is 11.0. The first-order valence-electron chi connectivity index (χ1n) is 17.2. The van der Waals surface area contributed by atoms with E-state index in [2.05, 4.69) is 38.4 Å². The van der Waals surface area contributed by atoms with Crippen molar-refractivity contribution in [3.63, 3.8) is 0 Å². The second-order valence-electron chi connectivity index (χ2n) is 13.8. The topological polar surface area (TPSA) is 135 Å². The molecule has 3 fully saturated rings. The van der Waals surface area contributed by atoms with E-state index in [1.807, 2.05) is 97.2 Å². The highest BCUT2D eigenvalue weighted by atomic mass is 16.2. The maximum atomic E-state index is 14.3. The molecule has 4 aromatic carbocycles.